The number of carbonyl (C=O) groups excluding carboxylic acids is 1. The number of benzene rings is 2. The molecule has 3 nitrogen and oxygen atoms in total. The molecule has 0 unspecified atom stereocenters. The molecule has 0 aliphatic rings. The Kier molecular flexibility index (Phi) is 6.44. The number of hydrogen-bond donors (Lipinski definition) is 1. The van der Waals surface area contributed by atoms with Crippen LogP contribution in [0.3, 0.4) is 0 Å². The number of aryl methyl sites for hydroxylation is 2. The first kappa shape index (κ1) is 19.7. The topological polar surface area (TPSA) is 52.3 Å². The molecule has 0 aromatic heterocycles. The van der Waals surface area contributed by atoms with Crippen LogP contribution in [-0.4, -0.2) is 12.6 Å². The van der Waals surface area contributed by atoms with Gasteiger partial charge in [0.2, 0.25) is 0 Å². The summed E-state index contributed by atoms with van der Waals surface area (Å²) in [5, 5.41) is 0.946. The molecule has 1 atom stereocenters. The zero-order valence-corrected chi connectivity index (χ0v) is 15.8. The van der Waals surface area contributed by atoms with Crippen molar-refractivity contribution in [3.63, 3.8) is 0 Å². The van der Waals surface area contributed by atoms with E-state index in [1.165, 1.54) is 0 Å². The second kappa shape index (κ2) is 8.17. The molecule has 2 rings (SSSR count). The summed E-state index contributed by atoms with van der Waals surface area (Å²) in [4.78, 5) is 11.7. The molecular formula is C19H20Cl2FNO2. The van der Waals surface area contributed by atoms with Crippen molar-refractivity contribution in [2.24, 2.45) is 5.73 Å². The average molecular weight is 384 g/mol. The standard InChI is InChI=1S/C19H20Cl2FNO2/c1-4-25-17(24)9-16(23)13-8-12(7-11(3)19(13)22)18-14(20)5-10(2)6-15(18)21/h5-8,16H,4,9,23H2,1-3H3/t16-/m0/s1. The monoisotopic (exact) mass is 383 g/mol. The number of ether oxygens (including phenoxy) is 1. The summed E-state index contributed by atoms with van der Waals surface area (Å²) in [7, 11) is 0. The molecule has 0 spiro atoms. The van der Waals surface area contributed by atoms with Crippen molar-refractivity contribution in [3.8, 4) is 11.1 Å². The lowest BCUT2D eigenvalue weighted by molar-refractivity contribution is -0.143. The summed E-state index contributed by atoms with van der Waals surface area (Å²) in [6, 6.07) is 6.02. The molecule has 2 aromatic rings. The normalized spacial score (nSPS) is 12.1. The average Bonchev–Trinajstić information content (AvgIpc) is 2.49. The van der Waals surface area contributed by atoms with E-state index in [2.05, 4.69) is 0 Å². The van der Waals surface area contributed by atoms with Gasteiger partial charge in [-0.2, -0.15) is 0 Å². The third kappa shape index (κ3) is 4.51. The Hall–Kier alpha value is -1.62. The van der Waals surface area contributed by atoms with Crippen LogP contribution in [0.4, 0.5) is 4.39 Å². The van der Waals surface area contributed by atoms with Crippen LogP contribution in [0.2, 0.25) is 10.0 Å². The Labute approximate surface area is 156 Å². The molecule has 0 radical (unpaired) electrons. The third-order valence-corrected chi connectivity index (χ3v) is 4.45. The van der Waals surface area contributed by atoms with Gasteiger partial charge < -0.3 is 10.5 Å². The van der Waals surface area contributed by atoms with E-state index in [0.29, 0.717) is 26.7 Å². The minimum Gasteiger partial charge on any atom is -0.466 e. The van der Waals surface area contributed by atoms with E-state index in [1.807, 2.05) is 6.92 Å². The molecule has 0 saturated heterocycles. The van der Waals surface area contributed by atoms with Crippen molar-refractivity contribution < 1.29 is 13.9 Å². The van der Waals surface area contributed by atoms with Crippen LogP contribution in [0.1, 0.15) is 36.1 Å². The number of hydrogen-bond acceptors (Lipinski definition) is 3. The molecule has 0 aliphatic carbocycles. The summed E-state index contributed by atoms with van der Waals surface area (Å²) in [5.41, 5.74) is 8.87. The van der Waals surface area contributed by atoms with Crippen LogP contribution in [-0.2, 0) is 9.53 Å². The van der Waals surface area contributed by atoms with Crippen molar-refractivity contribution >= 4 is 29.2 Å². The van der Waals surface area contributed by atoms with Crippen molar-refractivity contribution in [1.29, 1.82) is 0 Å². The van der Waals surface area contributed by atoms with Gasteiger partial charge in [-0.1, -0.05) is 23.2 Å². The zero-order valence-electron chi connectivity index (χ0n) is 14.3. The van der Waals surface area contributed by atoms with E-state index in [9.17, 15) is 9.18 Å². The van der Waals surface area contributed by atoms with Gasteiger partial charge in [0.1, 0.15) is 5.82 Å². The van der Waals surface area contributed by atoms with Gasteiger partial charge in [-0.05, 0) is 61.7 Å². The van der Waals surface area contributed by atoms with Crippen molar-refractivity contribution in [2.45, 2.75) is 33.2 Å². The Bertz CT molecular complexity index is 785. The molecule has 0 saturated carbocycles. The molecule has 0 bridgehead atoms. The van der Waals surface area contributed by atoms with Gasteiger partial charge in [0.25, 0.3) is 0 Å². The minimum atomic E-state index is -0.819. The fourth-order valence-corrected chi connectivity index (χ4v) is 3.51. The first-order chi connectivity index (χ1) is 11.7. The van der Waals surface area contributed by atoms with Crippen LogP contribution < -0.4 is 5.73 Å². The van der Waals surface area contributed by atoms with Crippen LogP contribution in [0.15, 0.2) is 24.3 Å². The highest BCUT2D eigenvalue weighted by Gasteiger charge is 2.20. The van der Waals surface area contributed by atoms with E-state index >= 15 is 0 Å². The summed E-state index contributed by atoms with van der Waals surface area (Å²) in [6.45, 7) is 5.48. The van der Waals surface area contributed by atoms with Gasteiger partial charge in [-0.25, -0.2) is 4.39 Å². The van der Waals surface area contributed by atoms with E-state index < -0.39 is 17.8 Å². The number of halogens is 3. The summed E-state index contributed by atoms with van der Waals surface area (Å²) in [6.07, 6.45) is -0.108. The van der Waals surface area contributed by atoms with Crippen LogP contribution >= 0.6 is 23.2 Å². The highest BCUT2D eigenvalue weighted by atomic mass is 35.5. The fraction of sp³-hybridized carbons (Fsp3) is 0.316. The van der Waals surface area contributed by atoms with Gasteiger partial charge in [0.05, 0.1) is 23.1 Å². The predicted molar refractivity (Wildman–Crippen MR) is 99.5 cm³/mol. The zero-order chi connectivity index (χ0) is 18.7. The molecule has 0 amide bonds. The Morgan fingerprint density at radius 3 is 2.36 bits per heavy atom. The van der Waals surface area contributed by atoms with E-state index in [1.54, 1.807) is 38.1 Å². The molecule has 2 N–H and O–H groups in total. The third-order valence-electron chi connectivity index (χ3n) is 3.85. The number of rotatable bonds is 5. The largest absolute Gasteiger partial charge is 0.466 e. The van der Waals surface area contributed by atoms with Gasteiger partial charge in [0.15, 0.2) is 0 Å². The maximum Gasteiger partial charge on any atom is 0.307 e. The van der Waals surface area contributed by atoms with Gasteiger partial charge in [0, 0.05) is 17.2 Å². The van der Waals surface area contributed by atoms with E-state index in [0.717, 1.165) is 5.56 Å². The molecule has 6 heteroatoms. The molecule has 134 valence electrons. The lowest BCUT2D eigenvalue weighted by Crippen LogP contribution is -2.19. The molecule has 2 aromatic carbocycles. The first-order valence-electron chi connectivity index (χ1n) is 7.91. The van der Waals surface area contributed by atoms with Crippen molar-refractivity contribution in [2.75, 3.05) is 6.61 Å². The Morgan fingerprint density at radius 2 is 1.80 bits per heavy atom. The van der Waals surface area contributed by atoms with E-state index in [4.69, 9.17) is 33.7 Å². The fourth-order valence-electron chi connectivity index (χ4n) is 2.70. The Balaban J connectivity index is 2.50. The molecule has 0 fully saturated rings. The van der Waals surface area contributed by atoms with Gasteiger partial charge in [-0.3, -0.25) is 4.79 Å². The van der Waals surface area contributed by atoms with Crippen LogP contribution in [0, 0.1) is 19.7 Å². The lowest BCUT2D eigenvalue weighted by Gasteiger charge is -2.17. The Morgan fingerprint density at radius 1 is 1.20 bits per heavy atom. The molecule has 0 heterocycles. The summed E-state index contributed by atoms with van der Waals surface area (Å²) >= 11 is 12.7. The molecule has 0 aliphatic heterocycles. The van der Waals surface area contributed by atoms with Crippen LogP contribution in [0.25, 0.3) is 11.1 Å². The SMILES string of the molecule is CCOC(=O)C[C@H](N)c1cc(-c2c(Cl)cc(C)cc2Cl)cc(C)c1F. The number of carbonyl (C=O) groups is 1. The number of nitrogens with two attached hydrogens (primary N) is 1. The quantitative estimate of drug-likeness (QED) is 0.706. The molecular weight excluding hydrogens is 364 g/mol. The maximum absolute atomic E-state index is 14.6. The van der Waals surface area contributed by atoms with Gasteiger partial charge in [-0.15, -0.1) is 0 Å². The second-order valence-electron chi connectivity index (χ2n) is 5.92. The summed E-state index contributed by atoms with van der Waals surface area (Å²) < 4.78 is 19.4. The lowest BCUT2D eigenvalue weighted by atomic mass is 9.94. The maximum atomic E-state index is 14.6. The van der Waals surface area contributed by atoms with Gasteiger partial charge >= 0.3 is 5.97 Å². The highest BCUT2D eigenvalue weighted by Crippen LogP contribution is 2.38. The van der Waals surface area contributed by atoms with Crippen molar-refractivity contribution in [1.82, 2.24) is 0 Å². The second-order valence-corrected chi connectivity index (χ2v) is 6.73. The highest BCUT2D eigenvalue weighted by molar-refractivity contribution is 6.39. The minimum absolute atomic E-state index is 0.108. The molecule has 25 heavy (non-hydrogen) atoms. The van der Waals surface area contributed by atoms with E-state index in [-0.39, 0.29) is 18.6 Å². The first-order valence-corrected chi connectivity index (χ1v) is 8.67. The number of esters is 1. The van der Waals surface area contributed by atoms with Crippen molar-refractivity contribution in [3.05, 3.63) is 56.8 Å². The summed E-state index contributed by atoms with van der Waals surface area (Å²) in [5.74, 6) is -0.913. The van der Waals surface area contributed by atoms with Crippen LogP contribution in [0.5, 0.6) is 0 Å². The smallest absolute Gasteiger partial charge is 0.307 e. The predicted octanol–water partition coefficient (Wildman–Crippen LogP) is 5.37.